The second-order valence-corrected chi connectivity index (χ2v) is 25.4. The van der Waals surface area contributed by atoms with Crippen LogP contribution < -0.4 is 10.6 Å². The van der Waals surface area contributed by atoms with Gasteiger partial charge in [-0.1, -0.05) is 72.2 Å². The van der Waals surface area contributed by atoms with Gasteiger partial charge in [0.15, 0.2) is 0 Å². The van der Waals surface area contributed by atoms with Crippen molar-refractivity contribution in [2.75, 3.05) is 20.0 Å². The molecule has 0 saturated heterocycles. The highest BCUT2D eigenvalue weighted by atomic mass is 79.9. The number of amides is 1. The Morgan fingerprint density at radius 1 is 1.28 bits per heavy atom. The van der Waals surface area contributed by atoms with Crippen molar-refractivity contribution < 1.29 is 23.0 Å². The van der Waals surface area contributed by atoms with Crippen molar-refractivity contribution in [3.63, 3.8) is 0 Å². The van der Waals surface area contributed by atoms with Gasteiger partial charge < -0.3 is 9.47 Å². The number of benzene rings is 1. The molecule has 4 rings (SSSR count). The molecule has 8 nitrogen and oxygen atoms in total. The van der Waals surface area contributed by atoms with E-state index in [1.165, 1.54) is 17.8 Å². The molecule has 0 spiro atoms. The molecule has 0 radical (unpaired) electrons. The van der Waals surface area contributed by atoms with E-state index in [0.29, 0.717) is 24.0 Å². The number of hydrogen-bond acceptors (Lipinski definition) is 7. The van der Waals surface area contributed by atoms with Crippen molar-refractivity contribution in [1.82, 2.24) is 20.3 Å². The van der Waals surface area contributed by atoms with Gasteiger partial charge in [-0.2, -0.15) is 0 Å². The van der Waals surface area contributed by atoms with Crippen molar-refractivity contribution in [2.45, 2.75) is 68.6 Å². The minimum absolute atomic E-state index is 0.00842. The molecule has 1 aliphatic heterocycles. The number of hydrogen-bond donors (Lipinski definition) is 1. The predicted octanol–water partition coefficient (Wildman–Crippen LogP) is 5.49. The number of fused-ring (bicyclic) bond motifs is 1. The summed E-state index contributed by atoms with van der Waals surface area (Å²) in [5.74, 6) is -0.891. The second kappa shape index (κ2) is 11.3. The van der Waals surface area contributed by atoms with Gasteiger partial charge in [-0.15, -0.1) is 5.10 Å². The molecule has 1 N–H and O–H groups in total. The van der Waals surface area contributed by atoms with E-state index in [9.17, 15) is 4.79 Å². The van der Waals surface area contributed by atoms with Gasteiger partial charge >= 0.3 is 6.09 Å². The van der Waals surface area contributed by atoms with Crippen LogP contribution in [0.5, 0.6) is 0 Å². The van der Waals surface area contributed by atoms with Crippen LogP contribution in [0.25, 0.3) is 0 Å². The highest BCUT2D eigenvalue weighted by molar-refractivity contribution is 9.10. The Morgan fingerprint density at radius 2 is 2.03 bits per heavy atom. The molecule has 3 atom stereocenters. The number of alkyl halides is 1. The molecule has 1 aromatic carbocycles. The molecular formula is C25H36BrF2N5O3SSi2. The van der Waals surface area contributed by atoms with Crippen molar-refractivity contribution in [3.8, 4) is 0 Å². The standard InChI is InChI=1S/C25H36BrF2N5O3SSi2/c1-38(2,3)10-9-35-16-29-22(34)36-23-30-25(14-27,18-11-17(26)7-8-19(18)28)20-12-24(20,37-23)15-33-13-21(31-32-33)39(4,5)6/h7-8,11,13,20H,9-10,12,14-16H2,1-6H3,(H,29,34)/t20-,24-,25+/m0/s1. The Morgan fingerprint density at radius 3 is 2.67 bits per heavy atom. The van der Waals surface area contributed by atoms with E-state index in [-0.39, 0.29) is 23.4 Å². The number of aromatic nitrogens is 3. The lowest BCUT2D eigenvalue weighted by molar-refractivity contribution is 0.120. The maximum atomic E-state index is 15.2. The highest BCUT2D eigenvalue weighted by Gasteiger charge is 2.69. The predicted molar refractivity (Wildman–Crippen MR) is 159 cm³/mol. The summed E-state index contributed by atoms with van der Waals surface area (Å²) in [6.07, 6.45) is 1.73. The minimum atomic E-state index is -1.68. The minimum Gasteiger partial charge on any atom is -0.385 e. The molecule has 0 bridgehead atoms. The first-order valence-corrected chi connectivity index (χ1v) is 21.7. The van der Waals surface area contributed by atoms with Gasteiger partial charge in [0.05, 0.1) is 16.6 Å². The van der Waals surface area contributed by atoms with Gasteiger partial charge in [0.25, 0.3) is 5.23 Å². The van der Waals surface area contributed by atoms with E-state index >= 15 is 8.78 Å². The first-order valence-electron chi connectivity index (χ1n) is 12.9. The number of aliphatic imine (C=N–C) groups is 1. The van der Waals surface area contributed by atoms with Gasteiger partial charge in [0.1, 0.15) is 32.8 Å². The van der Waals surface area contributed by atoms with Gasteiger partial charge in [-0.25, -0.2) is 18.6 Å². The summed E-state index contributed by atoms with van der Waals surface area (Å²) in [5, 5.41) is 12.2. The monoisotopic (exact) mass is 659 g/mol. The molecule has 2 aliphatic rings. The lowest BCUT2D eigenvalue weighted by atomic mass is 9.85. The van der Waals surface area contributed by atoms with E-state index in [1.807, 2.05) is 6.20 Å². The fourth-order valence-electron chi connectivity index (χ4n) is 4.63. The summed E-state index contributed by atoms with van der Waals surface area (Å²) in [5.41, 5.74) is -1.41. The summed E-state index contributed by atoms with van der Waals surface area (Å²) in [7, 11) is -2.94. The number of ether oxygens (including phenoxy) is 2. The van der Waals surface area contributed by atoms with Crippen LogP contribution in [0.4, 0.5) is 13.6 Å². The van der Waals surface area contributed by atoms with Crippen molar-refractivity contribution in [3.05, 3.63) is 40.2 Å². The third-order valence-corrected chi connectivity index (χ3v) is 12.3. The quantitative estimate of drug-likeness (QED) is 0.206. The average molecular weight is 661 g/mol. The normalized spacial score (nSPS) is 24.6. The van der Waals surface area contributed by atoms with Crippen molar-refractivity contribution in [2.24, 2.45) is 10.9 Å². The average Bonchev–Trinajstić information content (AvgIpc) is 3.34. The van der Waals surface area contributed by atoms with Crippen LogP contribution in [0.15, 0.2) is 33.9 Å². The molecule has 1 fully saturated rings. The molecule has 39 heavy (non-hydrogen) atoms. The maximum absolute atomic E-state index is 15.2. The summed E-state index contributed by atoms with van der Waals surface area (Å²) in [4.78, 5) is 17.2. The van der Waals surface area contributed by atoms with Crippen LogP contribution >= 0.6 is 27.7 Å². The summed E-state index contributed by atoms with van der Waals surface area (Å²) in [6, 6.07) is 5.38. The topological polar surface area (TPSA) is 90.6 Å². The van der Waals surface area contributed by atoms with Gasteiger partial charge in [0.2, 0.25) is 0 Å². The number of thioether (sulfide) groups is 1. The Balaban J connectivity index is 1.57. The van der Waals surface area contributed by atoms with Crippen LogP contribution in [0.3, 0.4) is 0 Å². The zero-order chi connectivity index (χ0) is 28.6. The first kappa shape index (κ1) is 30.3. The Labute approximate surface area is 242 Å². The molecule has 2 heterocycles. The van der Waals surface area contributed by atoms with E-state index in [4.69, 9.17) is 9.47 Å². The van der Waals surface area contributed by atoms with Crippen LogP contribution in [0, 0.1) is 11.7 Å². The van der Waals surface area contributed by atoms with Crippen LogP contribution in [-0.4, -0.2) is 67.2 Å². The van der Waals surface area contributed by atoms with E-state index in [1.54, 1.807) is 16.8 Å². The number of carbonyl (C=O) groups excluding carboxylic acids is 1. The smallest absolute Gasteiger partial charge is 0.385 e. The van der Waals surface area contributed by atoms with Crippen LogP contribution in [0.1, 0.15) is 12.0 Å². The molecular weight excluding hydrogens is 624 g/mol. The fourth-order valence-corrected chi connectivity index (χ4v) is 8.09. The van der Waals surface area contributed by atoms with E-state index in [2.05, 4.69) is 75.8 Å². The molecule has 1 amide bonds. The third kappa shape index (κ3) is 7.00. The Kier molecular flexibility index (Phi) is 8.82. The first-order chi connectivity index (χ1) is 18.2. The molecule has 2 aromatic rings. The van der Waals surface area contributed by atoms with Crippen LogP contribution in [-0.2, 0) is 21.6 Å². The third-order valence-electron chi connectivity index (χ3n) is 7.01. The van der Waals surface area contributed by atoms with E-state index in [0.717, 1.165) is 11.4 Å². The Bertz CT molecular complexity index is 1260. The van der Waals surface area contributed by atoms with Gasteiger partial charge in [0, 0.05) is 36.8 Å². The number of alkyl carbamates (subject to hydrolysis) is 1. The van der Waals surface area contributed by atoms with Crippen molar-refractivity contribution in [1.29, 1.82) is 0 Å². The maximum Gasteiger partial charge on any atom is 0.416 e. The second-order valence-electron chi connectivity index (χ2n) is 12.5. The molecule has 1 aliphatic carbocycles. The number of nitrogens with zero attached hydrogens (tertiary/aromatic N) is 4. The van der Waals surface area contributed by atoms with Crippen molar-refractivity contribution >= 4 is 60.5 Å². The molecule has 14 heteroatoms. The SMILES string of the molecule is C[Si](C)(C)CCOCNC(=O)OC1=N[C@](CF)(c2cc(Br)ccc2F)[C@H]2C[C@@]2(Cn2cc([Si](C)(C)C)nn2)S1. The summed E-state index contributed by atoms with van der Waals surface area (Å²) >= 11 is 4.65. The number of rotatable bonds is 10. The summed E-state index contributed by atoms with van der Waals surface area (Å²) < 4.78 is 43.1. The number of carbonyl (C=O) groups is 1. The number of halogens is 3. The molecule has 0 unspecified atom stereocenters. The highest BCUT2D eigenvalue weighted by Crippen LogP contribution is 2.67. The number of nitrogens with one attached hydrogen (secondary N) is 1. The Hall–Kier alpha value is -1.62. The lowest BCUT2D eigenvalue weighted by Crippen LogP contribution is -2.41. The van der Waals surface area contributed by atoms with Crippen LogP contribution in [0.2, 0.25) is 45.3 Å². The molecule has 214 valence electrons. The molecule has 1 aromatic heterocycles. The molecule has 1 saturated carbocycles. The van der Waals surface area contributed by atoms with E-state index < -0.39 is 45.0 Å². The fraction of sp³-hybridized carbons (Fsp3) is 0.600. The zero-order valence-corrected chi connectivity index (χ0v) is 27.6. The largest absolute Gasteiger partial charge is 0.416 e. The lowest BCUT2D eigenvalue weighted by Gasteiger charge is -2.35. The van der Waals surface area contributed by atoms with Gasteiger partial charge in [-0.05, 0) is 30.7 Å². The zero-order valence-electron chi connectivity index (χ0n) is 23.2. The summed E-state index contributed by atoms with van der Waals surface area (Å²) in [6.45, 7) is 13.3. The van der Waals surface area contributed by atoms with Gasteiger partial charge in [-0.3, -0.25) is 10.00 Å².